The standard InChI is InChI=1S/C21H22N4O/c1-15-12-24-20(13-23-15)21(26)25-10-4-5-16(14-25)11-17-8-9-22-19-7-3-2-6-18(17)19/h2-3,6-9,12-13,16H,4-5,10-11,14H2,1H3. The summed E-state index contributed by atoms with van der Waals surface area (Å²) in [6.07, 6.45) is 8.24. The van der Waals surface area contributed by atoms with Crippen LogP contribution in [0, 0.1) is 12.8 Å². The smallest absolute Gasteiger partial charge is 0.274 e. The van der Waals surface area contributed by atoms with E-state index in [9.17, 15) is 4.79 Å². The molecule has 5 heteroatoms. The van der Waals surface area contributed by atoms with Crippen molar-refractivity contribution in [3.8, 4) is 0 Å². The summed E-state index contributed by atoms with van der Waals surface area (Å²) < 4.78 is 0. The normalized spacial score (nSPS) is 17.4. The number of fused-ring (bicyclic) bond motifs is 1. The highest BCUT2D eigenvalue weighted by molar-refractivity contribution is 5.92. The maximum absolute atomic E-state index is 12.7. The molecule has 5 nitrogen and oxygen atoms in total. The van der Waals surface area contributed by atoms with E-state index in [1.807, 2.05) is 30.2 Å². The zero-order valence-corrected chi connectivity index (χ0v) is 14.9. The van der Waals surface area contributed by atoms with Gasteiger partial charge in [0.1, 0.15) is 5.69 Å². The number of piperidine rings is 1. The Morgan fingerprint density at radius 3 is 2.88 bits per heavy atom. The molecule has 0 aliphatic carbocycles. The molecule has 4 rings (SSSR count). The Hall–Kier alpha value is -2.82. The summed E-state index contributed by atoms with van der Waals surface area (Å²) in [7, 11) is 0. The van der Waals surface area contributed by atoms with Gasteiger partial charge in [0.25, 0.3) is 5.91 Å². The fraction of sp³-hybridized carbons (Fsp3) is 0.333. The first kappa shape index (κ1) is 16.6. The number of aromatic nitrogens is 3. The van der Waals surface area contributed by atoms with Gasteiger partial charge in [0.15, 0.2) is 0 Å². The summed E-state index contributed by atoms with van der Waals surface area (Å²) in [6, 6.07) is 10.4. The van der Waals surface area contributed by atoms with Crippen LogP contribution in [0.25, 0.3) is 10.9 Å². The molecule has 0 radical (unpaired) electrons. The predicted octanol–water partition coefficient (Wildman–Crippen LogP) is 3.43. The fourth-order valence-corrected chi connectivity index (χ4v) is 3.73. The van der Waals surface area contributed by atoms with E-state index in [2.05, 4.69) is 33.2 Å². The molecule has 0 saturated carbocycles. The maximum Gasteiger partial charge on any atom is 0.274 e. The minimum Gasteiger partial charge on any atom is -0.337 e. The van der Waals surface area contributed by atoms with Gasteiger partial charge in [-0.1, -0.05) is 18.2 Å². The number of carbonyl (C=O) groups is 1. The molecule has 2 aromatic heterocycles. The predicted molar refractivity (Wildman–Crippen MR) is 101 cm³/mol. The SMILES string of the molecule is Cc1cnc(C(=O)N2CCCC(Cc3ccnc4ccccc34)C2)cn1. The quantitative estimate of drug-likeness (QED) is 0.729. The van der Waals surface area contributed by atoms with Gasteiger partial charge in [-0.2, -0.15) is 0 Å². The van der Waals surface area contributed by atoms with E-state index in [1.54, 1.807) is 12.4 Å². The third-order valence-corrected chi connectivity index (χ3v) is 5.05. The van der Waals surface area contributed by atoms with Gasteiger partial charge in [0.2, 0.25) is 0 Å². The van der Waals surface area contributed by atoms with Gasteiger partial charge in [-0.15, -0.1) is 0 Å². The highest BCUT2D eigenvalue weighted by atomic mass is 16.2. The molecular formula is C21H22N4O. The molecule has 3 heterocycles. The van der Waals surface area contributed by atoms with Crippen LogP contribution in [-0.4, -0.2) is 38.8 Å². The molecule has 3 aromatic rings. The Kier molecular flexibility index (Phi) is 4.61. The van der Waals surface area contributed by atoms with E-state index >= 15 is 0 Å². The van der Waals surface area contributed by atoms with Crippen molar-refractivity contribution < 1.29 is 4.79 Å². The Morgan fingerprint density at radius 1 is 1.15 bits per heavy atom. The van der Waals surface area contributed by atoms with Gasteiger partial charge in [-0.3, -0.25) is 14.8 Å². The lowest BCUT2D eigenvalue weighted by Crippen LogP contribution is -2.40. The fourth-order valence-electron chi connectivity index (χ4n) is 3.73. The summed E-state index contributed by atoms with van der Waals surface area (Å²) in [6.45, 7) is 3.43. The minimum absolute atomic E-state index is 0.0122. The van der Waals surface area contributed by atoms with Crippen LogP contribution in [0.4, 0.5) is 0 Å². The van der Waals surface area contributed by atoms with E-state index in [1.165, 1.54) is 10.9 Å². The number of nitrogens with zero attached hydrogens (tertiary/aromatic N) is 4. The summed E-state index contributed by atoms with van der Waals surface area (Å²) in [5, 5.41) is 1.21. The van der Waals surface area contributed by atoms with Crippen molar-refractivity contribution in [1.82, 2.24) is 19.9 Å². The average Bonchev–Trinajstić information content (AvgIpc) is 2.69. The number of benzene rings is 1. The van der Waals surface area contributed by atoms with Crippen LogP contribution < -0.4 is 0 Å². The Balaban J connectivity index is 1.50. The Morgan fingerprint density at radius 2 is 2.04 bits per heavy atom. The molecule has 1 fully saturated rings. The molecule has 1 aliphatic rings. The summed E-state index contributed by atoms with van der Waals surface area (Å²) in [5.74, 6) is 0.443. The van der Waals surface area contributed by atoms with Crippen molar-refractivity contribution in [3.05, 3.63) is 65.9 Å². The molecule has 1 atom stereocenters. The molecule has 132 valence electrons. The van der Waals surface area contributed by atoms with Gasteiger partial charge in [0, 0.05) is 30.9 Å². The largest absolute Gasteiger partial charge is 0.337 e. The lowest BCUT2D eigenvalue weighted by Gasteiger charge is -2.32. The maximum atomic E-state index is 12.7. The lowest BCUT2D eigenvalue weighted by atomic mass is 9.90. The van der Waals surface area contributed by atoms with Crippen LogP contribution in [0.5, 0.6) is 0 Å². The van der Waals surface area contributed by atoms with Crippen molar-refractivity contribution in [2.45, 2.75) is 26.2 Å². The first-order valence-corrected chi connectivity index (χ1v) is 9.11. The Labute approximate surface area is 153 Å². The number of likely N-dealkylation sites (tertiary alicyclic amines) is 1. The lowest BCUT2D eigenvalue weighted by molar-refractivity contribution is 0.0667. The van der Waals surface area contributed by atoms with Crippen LogP contribution in [0.15, 0.2) is 48.9 Å². The molecule has 1 aliphatic heterocycles. The molecule has 1 amide bonds. The van der Waals surface area contributed by atoms with E-state index in [0.29, 0.717) is 11.6 Å². The average molecular weight is 346 g/mol. The van der Waals surface area contributed by atoms with E-state index in [0.717, 1.165) is 43.6 Å². The van der Waals surface area contributed by atoms with Crippen molar-refractivity contribution >= 4 is 16.8 Å². The topological polar surface area (TPSA) is 59.0 Å². The second-order valence-electron chi connectivity index (χ2n) is 6.99. The number of carbonyl (C=O) groups excluding carboxylic acids is 1. The Bertz CT molecular complexity index is 917. The number of hydrogen-bond acceptors (Lipinski definition) is 4. The summed E-state index contributed by atoms with van der Waals surface area (Å²) in [5.41, 5.74) is 3.60. The van der Waals surface area contributed by atoms with Crippen molar-refractivity contribution in [1.29, 1.82) is 0 Å². The van der Waals surface area contributed by atoms with Crippen molar-refractivity contribution in [3.63, 3.8) is 0 Å². The number of pyridine rings is 1. The third kappa shape index (κ3) is 3.43. The van der Waals surface area contributed by atoms with Crippen LogP contribution in [0.3, 0.4) is 0 Å². The molecule has 0 bridgehead atoms. The van der Waals surface area contributed by atoms with Crippen LogP contribution in [-0.2, 0) is 6.42 Å². The van der Waals surface area contributed by atoms with Crippen molar-refractivity contribution in [2.75, 3.05) is 13.1 Å². The number of aryl methyl sites for hydroxylation is 1. The van der Waals surface area contributed by atoms with Crippen LogP contribution in [0.1, 0.15) is 34.6 Å². The first-order valence-electron chi connectivity index (χ1n) is 9.11. The van der Waals surface area contributed by atoms with E-state index in [-0.39, 0.29) is 5.91 Å². The van der Waals surface area contributed by atoms with Gasteiger partial charge in [0.05, 0.1) is 17.4 Å². The molecular weight excluding hydrogens is 324 g/mol. The number of rotatable bonds is 3. The van der Waals surface area contributed by atoms with Crippen LogP contribution >= 0.6 is 0 Å². The molecule has 0 spiro atoms. The van der Waals surface area contributed by atoms with E-state index in [4.69, 9.17) is 0 Å². The van der Waals surface area contributed by atoms with Crippen molar-refractivity contribution in [2.24, 2.45) is 5.92 Å². The molecule has 1 saturated heterocycles. The molecule has 0 N–H and O–H groups in total. The molecule has 1 unspecified atom stereocenters. The van der Waals surface area contributed by atoms with Gasteiger partial charge in [-0.25, -0.2) is 4.98 Å². The molecule has 1 aromatic carbocycles. The highest BCUT2D eigenvalue weighted by Crippen LogP contribution is 2.25. The van der Waals surface area contributed by atoms with Gasteiger partial charge >= 0.3 is 0 Å². The summed E-state index contributed by atoms with van der Waals surface area (Å²) >= 11 is 0. The number of hydrogen-bond donors (Lipinski definition) is 0. The van der Waals surface area contributed by atoms with Crippen LogP contribution in [0.2, 0.25) is 0 Å². The minimum atomic E-state index is -0.0122. The zero-order chi connectivity index (χ0) is 17.9. The van der Waals surface area contributed by atoms with Gasteiger partial charge < -0.3 is 4.90 Å². The zero-order valence-electron chi connectivity index (χ0n) is 14.9. The molecule has 26 heavy (non-hydrogen) atoms. The number of para-hydroxylation sites is 1. The second kappa shape index (κ2) is 7.20. The van der Waals surface area contributed by atoms with E-state index < -0.39 is 0 Å². The number of amides is 1. The van der Waals surface area contributed by atoms with Gasteiger partial charge in [-0.05, 0) is 49.8 Å². The first-order chi connectivity index (χ1) is 12.7. The highest BCUT2D eigenvalue weighted by Gasteiger charge is 2.25. The monoisotopic (exact) mass is 346 g/mol. The third-order valence-electron chi connectivity index (χ3n) is 5.05. The summed E-state index contributed by atoms with van der Waals surface area (Å²) in [4.78, 5) is 27.5. The second-order valence-corrected chi connectivity index (χ2v) is 6.99.